The molecule has 2 N–H and O–H groups in total. The maximum Gasteiger partial charge on any atom is 0.411 e. The van der Waals surface area contributed by atoms with E-state index in [2.05, 4.69) is 20.0 Å². The molecule has 1 aromatic heterocycles. The minimum atomic E-state index is -4.35. The molecule has 1 rings (SSSR count). The van der Waals surface area contributed by atoms with Gasteiger partial charge in [-0.15, -0.1) is 0 Å². The van der Waals surface area contributed by atoms with Crippen molar-refractivity contribution in [2.45, 2.75) is 19.1 Å². The minimum Gasteiger partial charge on any atom is -0.383 e. The smallest absolute Gasteiger partial charge is 0.383 e. The number of alkyl halides is 3. The van der Waals surface area contributed by atoms with Gasteiger partial charge in [-0.05, 0) is 0 Å². The Bertz CT molecular complexity index is 477. The molecule has 0 bridgehead atoms. The minimum absolute atomic E-state index is 0.108. The van der Waals surface area contributed by atoms with Gasteiger partial charge in [0.2, 0.25) is 0 Å². The van der Waals surface area contributed by atoms with Gasteiger partial charge in [0.05, 0.1) is 18.9 Å². The monoisotopic (exact) mass is 309 g/mol. The topological polar surface area (TPSA) is 76.2 Å². The molecule has 0 unspecified atom stereocenters. The summed E-state index contributed by atoms with van der Waals surface area (Å²) in [5.74, 6) is 0.299. The molecule has 0 spiro atoms. The summed E-state index contributed by atoms with van der Waals surface area (Å²) in [7, 11) is 1.58. The van der Waals surface area contributed by atoms with Crippen molar-refractivity contribution in [2.75, 3.05) is 33.5 Å². The van der Waals surface area contributed by atoms with E-state index in [-0.39, 0.29) is 18.6 Å². The van der Waals surface area contributed by atoms with E-state index >= 15 is 0 Å². The fourth-order valence-electron chi connectivity index (χ4n) is 1.52. The number of methoxy groups -OCH3 is 1. The van der Waals surface area contributed by atoms with Gasteiger partial charge < -0.3 is 19.8 Å². The molecular weight excluding hydrogens is 291 g/mol. The molecular formula is C12H18F3N3O3. The second kappa shape index (κ2) is 8.75. The molecule has 0 saturated carbocycles. The molecule has 0 aliphatic heterocycles. The van der Waals surface area contributed by atoms with Crippen LogP contribution in [0.1, 0.15) is 11.5 Å². The molecule has 0 aliphatic rings. The molecule has 6 nitrogen and oxygen atoms in total. The number of halogens is 3. The second-order valence-corrected chi connectivity index (χ2v) is 4.27. The Morgan fingerprint density at radius 1 is 1.38 bits per heavy atom. The third-order valence-corrected chi connectivity index (χ3v) is 2.38. The molecule has 0 saturated heterocycles. The van der Waals surface area contributed by atoms with Crippen molar-refractivity contribution < 1.29 is 22.6 Å². The Labute approximate surface area is 119 Å². The first-order chi connectivity index (χ1) is 9.90. The van der Waals surface area contributed by atoms with E-state index < -0.39 is 12.8 Å². The SMILES string of the molecule is COCCNCc1cc(=O)[nH]c(CCOCC(F)(F)F)n1. The first-order valence-corrected chi connectivity index (χ1v) is 6.34. The number of ether oxygens (including phenoxy) is 2. The van der Waals surface area contributed by atoms with Crippen LogP contribution in [-0.4, -0.2) is 49.6 Å². The number of nitrogens with one attached hydrogen (secondary N) is 2. The third kappa shape index (κ3) is 8.43. The number of hydrogen-bond acceptors (Lipinski definition) is 5. The summed E-state index contributed by atoms with van der Waals surface area (Å²) in [6.45, 7) is 0.0402. The van der Waals surface area contributed by atoms with Gasteiger partial charge in [-0.3, -0.25) is 4.79 Å². The van der Waals surface area contributed by atoms with Crippen molar-refractivity contribution in [3.63, 3.8) is 0 Å². The Balaban J connectivity index is 2.43. The lowest BCUT2D eigenvalue weighted by molar-refractivity contribution is -0.173. The van der Waals surface area contributed by atoms with Gasteiger partial charge in [-0.1, -0.05) is 0 Å². The van der Waals surface area contributed by atoms with E-state index in [0.29, 0.717) is 31.2 Å². The number of hydrogen-bond donors (Lipinski definition) is 2. The summed E-state index contributed by atoms with van der Waals surface area (Å²) >= 11 is 0. The highest BCUT2D eigenvalue weighted by molar-refractivity contribution is 5.02. The van der Waals surface area contributed by atoms with Crippen LogP contribution in [0.2, 0.25) is 0 Å². The summed E-state index contributed by atoms with van der Waals surface area (Å²) in [5.41, 5.74) is 0.167. The molecule has 0 amide bonds. The molecule has 0 atom stereocenters. The van der Waals surface area contributed by atoms with E-state index in [1.807, 2.05) is 0 Å². The highest BCUT2D eigenvalue weighted by Gasteiger charge is 2.27. The van der Waals surface area contributed by atoms with Crippen molar-refractivity contribution in [2.24, 2.45) is 0 Å². The van der Waals surface area contributed by atoms with Crippen LogP contribution in [0, 0.1) is 0 Å². The summed E-state index contributed by atoms with van der Waals surface area (Å²) in [6, 6.07) is 1.33. The van der Waals surface area contributed by atoms with Gasteiger partial charge in [0.15, 0.2) is 0 Å². The molecule has 1 heterocycles. The van der Waals surface area contributed by atoms with Crippen LogP contribution in [-0.2, 0) is 22.4 Å². The van der Waals surface area contributed by atoms with Crippen molar-refractivity contribution in [1.82, 2.24) is 15.3 Å². The van der Waals surface area contributed by atoms with E-state index in [1.165, 1.54) is 6.07 Å². The van der Waals surface area contributed by atoms with Crippen LogP contribution in [0.3, 0.4) is 0 Å². The maximum absolute atomic E-state index is 11.9. The predicted octanol–water partition coefficient (Wildman–Crippen LogP) is 0.627. The number of H-pyrrole nitrogens is 1. The zero-order chi connectivity index (χ0) is 15.7. The van der Waals surface area contributed by atoms with E-state index in [0.717, 1.165) is 0 Å². The first kappa shape index (κ1) is 17.6. The predicted molar refractivity (Wildman–Crippen MR) is 69.0 cm³/mol. The van der Waals surface area contributed by atoms with Crippen molar-refractivity contribution in [1.29, 1.82) is 0 Å². The Kier molecular flexibility index (Phi) is 7.34. The molecule has 0 aliphatic carbocycles. The number of rotatable bonds is 9. The maximum atomic E-state index is 11.9. The zero-order valence-corrected chi connectivity index (χ0v) is 11.6. The van der Waals surface area contributed by atoms with Gasteiger partial charge in [0.1, 0.15) is 12.4 Å². The summed E-state index contributed by atoms with van der Waals surface area (Å²) in [4.78, 5) is 18.0. The highest BCUT2D eigenvalue weighted by Crippen LogP contribution is 2.14. The van der Waals surface area contributed by atoms with Crippen LogP contribution in [0.15, 0.2) is 10.9 Å². The quantitative estimate of drug-likeness (QED) is 0.654. The van der Waals surface area contributed by atoms with E-state index in [4.69, 9.17) is 4.74 Å². The van der Waals surface area contributed by atoms with Crippen LogP contribution in [0.25, 0.3) is 0 Å². The van der Waals surface area contributed by atoms with Gasteiger partial charge in [0, 0.05) is 32.7 Å². The molecule has 1 aromatic rings. The van der Waals surface area contributed by atoms with Crippen LogP contribution >= 0.6 is 0 Å². The molecule has 21 heavy (non-hydrogen) atoms. The second-order valence-electron chi connectivity index (χ2n) is 4.27. The summed E-state index contributed by atoms with van der Waals surface area (Å²) < 4.78 is 45.0. The van der Waals surface area contributed by atoms with Crippen molar-refractivity contribution in [3.8, 4) is 0 Å². The van der Waals surface area contributed by atoms with Crippen molar-refractivity contribution >= 4 is 0 Å². The van der Waals surface area contributed by atoms with E-state index in [1.54, 1.807) is 7.11 Å². The lowest BCUT2D eigenvalue weighted by Gasteiger charge is -2.08. The summed E-state index contributed by atoms with van der Waals surface area (Å²) in [6.07, 6.45) is -4.24. The lowest BCUT2D eigenvalue weighted by atomic mass is 10.3. The van der Waals surface area contributed by atoms with Gasteiger partial charge in [-0.25, -0.2) is 4.98 Å². The average molecular weight is 309 g/mol. The Morgan fingerprint density at radius 2 is 2.14 bits per heavy atom. The standard InChI is InChI=1S/C12H18F3N3O3/c1-20-5-3-16-7-9-6-11(19)18-10(17-9)2-4-21-8-12(13,14)15/h6,16H,2-5,7-8H2,1H3,(H,17,18,19). The Morgan fingerprint density at radius 3 is 2.81 bits per heavy atom. The lowest BCUT2D eigenvalue weighted by Crippen LogP contribution is -2.23. The van der Waals surface area contributed by atoms with Crippen LogP contribution in [0.4, 0.5) is 13.2 Å². The highest BCUT2D eigenvalue weighted by atomic mass is 19.4. The first-order valence-electron chi connectivity index (χ1n) is 6.34. The molecule has 120 valence electrons. The molecule has 9 heteroatoms. The molecule has 0 aromatic carbocycles. The van der Waals surface area contributed by atoms with Gasteiger partial charge in [-0.2, -0.15) is 13.2 Å². The zero-order valence-electron chi connectivity index (χ0n) is 11.6. The van der Waals surface area contributed by atoms with Crippen molar-refractivity contribution in [3.05, 3.63) is 27.9 Å². The summed E-state index contributed by atoms with van der Waals surface area (Å²) in [5, 5.41) is 3.02. The van der Waals surface area contributed by atoms with Gasteiger partial charge in [0.25, 0.3) is 5.56 Å². The van der Waals surface area contributed by atoms with Gasteiger partial charge >= 0.3 is 6.18 Å². The fraction of sp³-hybridized carbons (Fsp3) is 0.667. The van der Waals surface area contributed by atoms with E-state index in [9.17, 15) is 18.0 Å². The van der Waals surface area contributed by atoms with Crippen LogP contribution in [0.5, 0.6) is 0 Å². The number of aromatic nitrogens is 2. The molecule has 0 radical (unpaired) electrons. The fourth-order valence-corrected chi connectivity index (χ4v) is 1.52. The average Bonchev–Trinajstić information content (AvgIpc) is 2.38. The largest absolute Gasteiger partial charge is 0.411 e. The van der Waals surface area contributed by atoms with Crippen LogP contribution < -0.4 is 10.9 Å². The third-order valence-electron chi connectivity index (χ3n) is 2.38. The normalized spacial score (nSPS) is 11.8. The number of nitrogens with zero attached hydrogens (tertiary/aromatic N) is 1. The Hall–Kier alpha value is -1.45. The number of aromatic amines is 1. The molecule has 0 fully saturated rings.